The minimum Gasteiger partial charge on any atom is -0.496 e. The molecule has 3 rings (SSSR count). The molecule has 1 aliphatic heterocycles. The molecular weight excluding hydrogens is 406 g/mol. The van der Waals surface area contributed by atoms with E-state index in [4.69, 9.17) is 17.0 Å². The topological polar surface area (TPSA) is 29.5 Å². The highest BCUT2D eigenvalue weighted by molar-refractivity contribution is 9.10. The second-order valence-corrected chi connectivity index (χ2v) is 7.83. The van der Waals surface area contributed by atoms with Crippen molar-refractivity contribution in [2.75, 3.05) is 12.0 Å². The number of thiocarbonyl (C=S) groups is 1. The molecule has 0 radical (unpaired) electrons. The summed E-state index contributed by atoms with van der Waals surface area (Å²) < 4.78 is 6.82. The van der Waals surface area contributed by atoms with Crippen LogP contribution in [0.4, 0.5) is 5.69 Å². The molecule has 3 nitrogen and oxygen atoms in total. The maximum atomic E-state index is 12.8. The van der Waals surface area contributed by atoms with Crippen molar-refractivity contribution in [2.24, 2.45) is 0 Å². The molecule has 1 amide bonds. The van der Waals surface area contributed by atoms with Crippen LogP contribution >= 0.6 is 39.9 Å². The lowest BCUT2D eigenvalue weighted by atomic mass is 10.1. The highest BCUT2D eigenvalue weighted by atomic mass is 79.9. The summed E-state index contributed by atoms with van der Waals surface area (Å²) in [6, 6.07) is 13.4. The number of carbonyl (C=O) groups is 1. The van der Waals surface area contributed by atoms with E-state index in [-0.39, 0.29) is 5.91 Å². The Morgan fingerprint density at radius 1 is 1.21 bits per heavy atom. The van der Waals surface area contributed by atoms with Crippen LogP contribution in [0.25, 0.3) is 6.08 Å². The monoisotopic (exact) mass is 419 g/mol. The quantitative estimate of drug-likeness (QED) is 0.506. The van der Waals surface area contributed by atoms with Gasteiger partial charge in [-0.2, -0.15) is 0 Å². The zero-order chi connectivity index (χ0) is 17.3. The molecular formula is C18H14BrNO2S2. The van der Waals surface area contributed by atoms with E-state index < -0.39 is 0 Å². The van der Waals surface area contributed by atoms with Crippen molar-refractivity contribution in [1.29, 1.82) is 0 Å². The van der Waals surface area contributed by atoms with Crippen molar-refractivity contribution in [1.82, 2.24) is 0 Å². The molecule has 0 aliphatic carbocycles. The van der Waals surface area contributed by atoms with Crippen LogP contribution < -0.4 is 9.64 Å². The molecule has 0 aromatic heterocycles. The van der Waals surface area contributed by atoms with Crippen molar-refractivity contribution < 1.29 is 9.53 Å². The Morgan fingerprint density at radius 2 is 1.92 bits per heavy atom. The van der Waals surface area contributed by atoms with Crippen LogP contribution in [-0.4, -0.2) is 17.3 Å². The molecule has 0 N–H and O–H groups in total. The van der Waals surface area contributed by atoms with Gasteiger partial charge in [-0.1, -0.05) is 57.6 Å². The smallest absolute Gasteiger partial charge is 0.270 e. The number of hydrogen-bond donors (Lipinski definition) is 0. The third-order valence-corrected chi connectivity index (χ3v) is 5.36. The lowest BCUT2D eigenvalue weighted by Crippen LogP contribution is -2.27. The maximum Gasteiger partial charge on any atom is 0.270 e. The van der Waals surface area contributed by atoms with E-state index in [1.165, 1.54) is 11.8 Å². The predicted octanol–water partition coefficient (Wildman–Crippen LogP) is 5.17. The Morgan fingerprint density at radius 3 is 2.58 bits per heavy atom. The molecule has 0 saturated carbocycles. The number of thioether (sulfide) groups is 1. The van der Waals surface area contributed by atoms with Crippen molar-refractivity contribution >= 4 is 61.9 Å². The van der Waals surface area contributed by atoms with Gasteiger partial charge in [-0.05, 0) is 43.3 Å². The van der Waals surface area contributed by atoms with E-state index in [2.05, 4.69) is 15.9 Å². The zero-order valence-electron chi connectivity index (χ0n) is 13.1. The number of aryl methyl sites for hydroxylation is 1. The Bertz CT molecular complexity index is 847. The lowest BCUT2D eigenvalue weighted by molar-refractivity contribution is -0.113. The fourth-order valence-electron chi connectivity index (χ4n) is 2.34. The predicted molar refractivity (Wildman–Crippen MR) is 108 cm³/mol. The standard InChI is InChI=1S/C18H14BrNO2S2/c1-11-3-6-14(7-4-11)20-17(21)16(24-18(20)23)10-12-9-13(19)5-8-15(12)22-2/h3-10H,1-2H3. The summed E-state index contributed by atoms with van der Waals surface area (Å²) >= 11 is 10.1. The van der Waals surface area contributed by atoms with Gasteiger partial charge in [0.15, 0.2) is 4.32 Å². The summed E-state index contributed by atoms with van der Waals surface area (Å²) in [7, 11) is 1.61. The van der Waals surface area contributed by atoms with E-state index in [1.54, 1.807) is 12.0 Å². The van der Waals surface area contributed by atoms with Crippen LogP contribution in [0.3, 0.4) is 0 Å². The summed E-state index contributed by atoms with van der Waals surface area (Å²) in [5.74, 6) is 0.592. The Hall–Kier alpha value is -1.63. The fourth-order valence-corrected chi connectivity index (χ4v) is 4.01. The van der Waals surface area contributed by atoms with E-state index in [1.807, 2.05) is 55.5 Å². The largest absolute Gasteiger partial charge is 0.496 e. The summed E-state index contributed by atoms with van der Waals surface area (Å²) in [6.45, 7) is 2.01. The second-order valence-electron chi connectivity index (χ2n) is 5.24. The highest BCUT2D eigenvalue weighted by Crippen LogP contribution is 2.37. The van der Waals surface area contributed by atoms with Gasteiger partial charge < -0.3 is 4.74 Å². The first-order chi connectivity index (χ1) is 11.5. The van der Waals surface area contributed by atoms with Gasteiger partial charge in [-0.25, -0.2) is 0 Å². The van der Waals surface area contributed by atoms with Gasteiger partial charge >= 0.3 is 0 Å². The maximum absolute atomic E-state index is 12.8. The number of anilines is 1. The minimum atomic E-state index is -0.115. The number of ether oxygens (including phenoxy) is 1. The molecule has 122 valence electrons. The normalized spacial score (nSPS) is 16.1. The average Bonchev–Trinajstić information content (AvgIpc) is 2.83. The molecule has 0 unspecified atom stereocenters. The number of halogens is 1. The van der Waals surface area contributed by atoms with Gasteiger partial charge in [0, 0.05) is 10.0 Å². The molecule has 1 heterocycles. The molecule has 1 saturated heterocycles. The van der Waals surface area contributed by atoms with E-state index in [9.17, 15) is 4.79 Å². The summed E-state index contributed by atoms with van der Waals surface area (Å²) in [4.78, 5) is 14.9. The summed E-state index contributed by atoms with van der Waals surface area (Å²) in [5, 5.41) is 0. The Kier molecular flexibility index (Phi) is 5.08. The molecule has 2 aromatic rings. The number of carbonyl (C=O) groups excluding carboxylic acids is 1. The first-order valence-corrected chi connectivity index (χ1v) is 9.19. The number of rotatable bonds is 3. The second kappa shape index (κ2) is 7.09. The first-order valence-electron chi connectivity index (χ1n) is 7.18. The molecule has 24 heavy (non-hydrogen) atoms. The number of methoxy groups -OCH3 is 1. The van der Waals surface area contributed by atoms with E-state index in [0.717, 1.165) is 21.3 Å². The van der Waals surface area contributed by atoms with E-state index in [0.29, 0.717) is 15.0 Å². The summed E-state index contributed by atoms with van der Waals surface area (Å²) in [5.41, 5.74) is 2.75. The Balaban J connectivity index is 1.97. The summed E-state index contributed by atoms with van der Waals surface area (Å²) in [6.07, 6.45) is 1.82. The number of amides is 1. The van der Waals surface area contributed by atoms with Gasteiger partial charge in [0.25, 0.3) is 5.91 Å². The van der Waals surface area contributed by atoms with Crippen LogP contribution in [0.15, 0.2) is 51.8 Å². The zero-order valence-corrected chi connectivity index (χ0v) is 16.3. The fraction of sp³-hybridized carbons (Fsp3) is 0.111. The van der Waals surface area contributed by atoms with Crippen molar-refractivity contribution in [3.63, 3.8) is 0 Å². The third-order valence-electron chi connectivity index (χ3n) is 3.56. The van der Waals surface area contributed by atoms with Gasteiger partial charge in [0.05, 0.1) is 17.7 Å². The SMILES string of the molecule is COc1ccc(Br)cc1C=C1SC(=S)N(c2ccc(C)cc2)C1=O. The molecule has 0 bridgehead atoms. The molecule has 6 heteroatoms. The van der Waals surface area contributed by atoms with Crippen molar-refractivity contribution in [3.8, 4) is 5.75 Å². The number of nitrogens with zero attached hydrogens (tertiary/aromatic N) is 1. The molecule has 1 aliphatic rings. The van der Waals surface area contributed by atoms with Crippen LogP contribution in [0.1, 0.15) is 11.1 Å². The highest BCUT2D eigenvalue weighted by Gasteiger charge is 2.33. The van der Waals surface area contributed by atoms with E-state index >= 15 is 0 Å². The molecule has 2 aromatic carbocycles. The van der Waals surface area contributed by atoms with Gasteiger partial charge in [0.2, 0.25) is 0 Å². The lowest BCUT2D eigenvalue weighted by Gasteiger charge is -2.14. The molecule has 1 fully saturated rings. The average molecular weight is 420 g/mol. The van der Waals surface area contributed by atoms with Crippen molar-refractivity contribution in [3.05, 3.63) is 63.0 Å². The van der Waals surface area contributed by atoms with Gasteiger partial charge in [-0.3, -0.25) is 9.69 Å². The first kappa shape index (κ1) is 17.2. The molecule has 0 spiro atoms. The number of benzene rings is 2. The molecule has 0 atom stereocenters. The van der Waals surface area contributed by atoms with Crippen molar-refractivity contribution in [2.45, 2.75) is 6.92 Å². The third kappa shape index (κ3) is 3.41. The number of hydrogen-bond acceptors (Lipinski definition) is 4. The van der Waals surface area contributed by atoms with Gasteiger partial charge in [-0.15, -0.1) is 0 Å². The van der Waals surface area contributed by atoms with Crippen LogP contribution in [-0.2, 0) is 4.79 Å². The van der Waals surface area contributed by atoms with Crippen LogP contribution in [0.2, 0.25) is 0 Å². The van der Waals surface area contributed by atoms with Gasteiger partial charge in [0.1, 0.15) is 5.75 Å². The minimum absolute atomic E-state index is 0.115. The van der Waals surface area contributed by atoms with Crippen LogP contribution in [0.5, 0.6) is 5.75 Å². The van der Waals surface area contributed by atoms with Crippen LogP contribution in [0, 0.1) is 6.92 Å². The Labute approximate surface area is 158 Å².